The third kappa shape index (κ3) is 3.01. The molecule has 5 nitrogen and oxygen atoms in total. The maximum absolute atomic E-state index is 12.0. The van der Waals surface area contributed by atoms with Crippen LogP contribution < -0.4 is 11.1 Å². The molecule has 0 aliphatic carbocycles. The number of amides is 1. The predicted octanol–water partition coefficient (Wildman–Crippen LogP) is 2.79. The van der Waals surface area contributed by atoms with Crippen molar-refractivity contribution in [1.29, 1.82) is 0 Å². The van der Waals surface area contributed by atoms with Gasteiger partial charge in [-0.15, -0.1) is 0 Å². The minimum absolute atomic E-state index is 0.127. The Hall–Kier alpha value is -1.82. The van der Waals surface area contributed by atoms with E-state index in [4.69, 9.17) is 5.73 Å². The molecule has 0 atom stereocenters. The standard InChI is InChI=1S/C14H17BrN4O/c1-8-6-11(4-5-12(8)15)17-13(20)7-19-10(3)14(16)9(2)18-19/h4-6H,7,16H2,1-3H3,(H,17,20). The number of benzene rings is 1. The van der Waals surface area contributed by atoms with Crippen molar-refractivity contribution in [2.24, 2.45) is 0 Å². The number of rotatable bonds is 3. The molecule has 3 N–H and O–H groups in total. The first kappa shape index (κ1) is 14.6. The fourth-order valence-electron chi connectivity index (χ4n) is 1.92. The normalized spacial score (nSPS) is 10.6. The first-order chi connectivity index (χ1) is 9.38. The molecule has 0 aliphatic rings. The summed E-state index contributed by atoms with van der Waals surface area (Å²) >= 11 is 3.43. The molecule has 1 heterocycles. The van der Waals surface area contributed by atoms with Gasteiger partial charge in [-0.2, -0.15) is 5.10 Å². The number of aryl methyl sites for hydroxylation is 2. The highest BCUT2D eigenvalue weighted by Crippen LogP contribution is 2.20. The van der Waals surface area contributed by atoms with Crippen molar-refractivity contribution in [2.75, 3.05) is 11.1 Å². The Morgan fingerprint density at radius 1 is 1.40 bits per heavy atom. The molecule has 0 unspecified atom stereocenters. The van der Waals surface area contributed by atoms with Gasteiger partial charge in [-0.25, -0.2) is 0 Å². The Bertz CT molecular complexity index is 663. The van der Waals surface area contributed by atoms with Crippen LogP contribution in [0.4, 0.5) is 11.4 Å². The molecule has 0 saturated carbocycles. The van der Waals surface area contributed by atoms with Gasteiger partial charge in [0.15, 0.2) is 0 Å². The average Bonchev–Trinajstić information content (AvgIpc) is 2.61. The van der Waals surface area contributed by atoms with Crippen LogP contribution in [0.3, 0.4) is 0 Å². The lowest BCUT2D eigenvalue weighted by atomic mass is 10.2. The Kier molecular flexibility index (Phi) is 4.13. The summed E-state index contributed by atoms with van der Waals surface area (Å²) in [5.74, 6) is -0.127. The second-order valence-electron chi connectivity index (χ2n) is 4.75. The van der Waals surface area contributed by atoms with Gasteiger partial charge in [0.25, 0.3) is 0 Å². The number of nitrogens with one attached hydrogen (secondary N) is 1. The van der Waals surface area contributed by atoms with E-state index < -0.39 is 0 Å². The first-order valence-corrected chi connectivity index (χ1v) is 7.03. The van der Waals surface area contributed by atoms with Gasteiger partial charge in [0.05, 0.1) is 17.1 Å². The summed E-state index contributed by atoms with van der Waals surface area (Å²) in [6, 6.07) is 5.67. The van der Waals surface area contributed by atoms with E-state index in [1.807, 2.05) is 39.0 Å². The lowest BCUT2D eigenvalue weighted by molar-refractivity contribution is -0.116. The number of halogens is 1. The molecular formula is C14H17BrN4O. The number of carbonyl (C=O) groups excluding carboxylic acids is 1. The van der Waals surface area contributed by atoms with Gasteiger partial charge >= 0.3 is 0 Å². The summed E-state index contributed by atoms with van der Waals surface area (Å²) in [4.78, 5) is 12.0. The van der Waals surface area contributed by atoms with Crippen molar-refractivity contribution >= 4 is 33.2 Å². The zero-order valence-corrected chi connectivity index (χ0v) is 13.3. The SMILES string of the molecule is Cc1cc(NC(=O)Cn2nc(C)c(N)c2C)ccc1Br. The van der Waals surface area contributed by atoms with Gasteiger partial charge in [0, 0.05) is 10.2 Å². The predicted molar refractivity (Wildman–Crippen MR) is 83.6 cm³/mol. The van der Waals surface area contributed by atoms with Crippen LogP contribution in [0.5, 0.6) is 0 Å². The van der Waals surface area contributed by atoms with Gasteiger partial charge in [-0.3, -0.25) is 9.48 Å². The molecule has 2 rings (SSSR count). The summed E-state index contributed by atoms with van der Waals surface area (Å²) in [6.07, 6.45) is 0. The molecule has 0 fully saturated rings. The monoisotopic (exact) mass is 336 g/mol. The summed E-state index contributed by atoms with van der Waals surface area (Å²) in [7, 11) is 0. The molecule has 0 aliphatic heterocycles. The van der Waals surface area contributed by atoms with Crippen LogP contribution in [-0.2, 0) is 11.3 Å². The second kappa shape index (κ2) is 5.66. The third-order valence-electron chi connectivity index (χ3n) is 3.17. The van der Waals surface area contributed by atoms with E-state index in [0.29, 0.717) is 5.69 Å². The summed E-state index contributed by atoms with van der Waals surface area (Å²) in [6.45, 7) is 5.81. The van der Waals surface area contributed by atoms with Crippen LogP contribution in [0.25, 0.3) is 0 Å². The van der Waals surface area contributed by atoms with Gasteiger partial charge in [0.2, 0.25) is 5.91 Å². The molecule has 1 aromatic carbocycles. The summed E-state index contributed by atoms with van der Waals surface area (Å²) < 4.78 is 2.63. The fraction of sp³-hybridized carbons (Fsp3) is 0.286. The van der Waals surface area contributed by atoms with E-state index in [0.717, 1.165) is 27.1 Å². The van der Waals surface area contributed by atoms with Crippen LogP contribution in [0.2, 0.25) is 0 Å². The number of hydrogen-bond acceptors (Lipinski definition) is 3. The van der Waals surface area contributed by atoms with Crippen molar-refractivity contribution in [3.8, 4) is 0 Å². The number of aromatic nitrogens is 2. The van der Waals surface area contributed by atoms with E-state index in [-0.39, 0.29) is 12.5 Å². The highest BCUT2D eigenvalue weighted by atomic mass is 79.9. The van der Waals surface area contributed by atoms with E-state index >= 15 is 0 Å². The second-order valence-corrected chi connectivity index (χ2v) is 5.61. The Labute approximate surface area is 126 Å². The molecule has 20 heavy (non-hydrogen) atoms. The minimum atomic E-state index is -0.127. The van der Waals surface area contributed by atoms with Crippen molar-refractivity contribution in [2.45, 2.75) is 27.3 Å². The fourth-order valence-corrected chi connectivity index (χ4v) is 2.17. The van der Waals surface area contributed by atoms with Crippen molar-refractivity contribution in [3.05, 3.63) is 39.6 Å². The van der Waals surface area contributed by atoms with Crippen molar-refractivity contribution in [1.82, 2.24) is 9.78 Å². The lowest BCUT2D eigenvalue weighted by Gasteiger charge is -2.08. The molecule has 0 bridgehead atoms. The lowest BCUT2D eigenvalue weighted by Crippen LogP contribution is -2.20. The quantitative estimate of drug-likeness (QED) is 0.905. The summed E-state index contributed by atoms with van der Waals surface area (Å²) in [5, 5.41) is 7.10. The number of nitrogens with zero attached hydrogens (tertiary/aromatic N) is 2. The van der Waals surface area contributed by atoms with Crippen LogP contribution in [0.1, 0.15) is 17.0 Å². The molecule has 0 radical (unpaired) electrons. The molecule has 0 saturated heterocycles. The zero-order valence-electron chi connectivity index (χ0n) is 11.7. The van der Waals surface area contributed by atoms with Crippen LogP contribution in [-0.4, -0.2) is 15.7 Å². The number of nitrogens with two attached hydrogens (primary N) is 1. The number of nitrogen functional groups attached to an aromatic ring is 1. The Morgan fingerprint density at radius 2 is 2.10 bits per heavy atom. The van der Waals surface area contributed by atoms with Crippen LogP contribution in [0, 0.1) is 20.8 Å². The molecular weight excluding hydrogens is 320 g/mol. The van der Waals surface area contributed by atoms with E-state index in [1.54, 1.807) is 4.68 Å². The molecule has 106 valence electrons. The van der Waals surface area contributed by atoms with E-state index in [2.05, 4.69) is 26.3 Å². The highest BCUT2D eigenvalue weighted by molar-refractivity contribution is 9.10. The molecule has 1 amide bonds. The van der Waals surface area contributed by atoms with Crippen molar-refractivity contribution < 1.29 is 4.79 Å². The Balaban J connectivity index is 2.09. The number of carbonyl (C=O) groups is 1. The van der Waals surface area contributed by atoms with Gasteiger partial charge in [-0.1, -0.05) is 15.9 Å². The molecule has 1 aromatic heterocycles. The smallest absolute Gasteiger partial charge is 0.246 e. The van der Waals surface area contributed by atoms with Gasteiger partial charge in [0.1, 0.15) is 6.54 Å². The number of anilines is 2. The molecule has 2 aromatic rings. The van der Waals surface area contributed by atoms with Gasteiger partial charge in [-0.05, 0) is 44.5 Å². The van der Waals surface area contributed by atoms with Crippen molar-refractivity contribution in [3.63, 3.8) is 0 Å². The minimum Gasteiger partial charge on any atom is -0.396 e. The topological polar surface area (TPSA) is 72.9 Å². The molecule has 0 spiro atoms. The van der Waals surface area contributed by atoms with E-state index in [9.17, 15) is 4.79 Å². The Morgan fingerprint density at radius 3 is 2.65 bits per heavy atom. The number of hydrogen-bond donors (Lipinski definition) is 2. The van der Waals surface area contributed by atoms with E-state index in [1.165, 1.54) is 0 Å². The maximum atomic E-state index is 12.0. The molecule has 6 heteroatoms. The first-order valence-electron chi connectivity index (χ1n) is 6.24. The largest absolute Gasteiger partial charge is 0.396 e. The average molecular weight is 337 g/mol. The zero-order chi connectivity index (χ0) is 14.9. The van der Waals surface area contributed by atoms with Crippen LogP contribution in [0.15, 0.2) is 22.7 Å². The maximum Gasteiger partial charge on any atom is 0.246 e. The summed E-state index contributed by atoms with van der Waals surface area (Å²) in [5.41, 5.74) is 9.88. The highest BCUT2D eigenvalue weighted by Gasteiger charge is 2.11. The van der Waals surface area contributed by atoms with Gasteiger partial charge < -0.3 is 11.1 Å². The third-order valence-corrected chi connectivity index (χ3v) is 4.06. The van der Waals surface area contributed by atoms with Crippen LogP contribution >= 0.6 is 15.9 Å².